The molecular formula is C12H14N2O6. The van der Waals surface area contributed by atoms with Crippen molar-refractivity contribution in [2.45, 2.75) is 6.92 Å². The van der Waals surface area contributed by atoms with Crippen molar-refractivity contribution in [3.05, 3.63) is 33.9 Å². The molecule has 0 aromatic heterocycles. The van der Waals surface area contributed by atoms with Gasteiger partial charge in [-0.05, 0) is 19.1 Å². The van der Waals surface area contributed by atoms with E-state index in [2.05, 4.69) is 5.32 Å². The Balaban J connectivity index is 2.81. The van der Waals surface area contributed by atoms with Crippen LogP contribution in [0.5, 0.6) is 5.75 Å². The van der Waals surface area contributed by atoms with E-state index in [9.17, 15) is 19.7 Å². The van der Waals surface area contributed by atoms with Crippen LogP contribution in [-0.2, 0) is 9.53 Å². The quantitative estimate of drug-likeness (QED) is 0.471. The van der Waals surface area contributed by atoms with Crippen molar-refractivity contribution in [3.8, 4) is 5.75 Å². The lowest BCUT2D eigenvalue weighted by atomic mass is 10.2. The highest BCUT2D eigenvalue weighted by molar-refractivity contribution is 5.92. The molecule has 1 rings (SSSR count). The number of methoxy groups -OCH3 is 1. The van der Waals surface area contributed by atoms with Crippen LogP contribution >= 0.6 is 0 Å². The Morgan fingerprint density at radius 2 is 2.10 bits per heavy atom. The molecule has 0 aliphatic carbocycles. The fourth-order valence-corrected chi connectivity index (χ4v) is 1.42. The summed E-state index contributed by atoms with van der Waals surface area (Å²) in [5.41, 5.74) is -0.373. The lowest BCUT2D eigenvalue weighted by molar-refractivity contribution is -0.385. The second kappa shape index (κ2) is 7.07. The molecule has 8 heteroatoms. The van der Waals surface area contributed by atoms with Crippen LogP contribution in [0.15, 0.2) is 18.2 Å². The Labute approximate surface area is 114 Å². The number of hydrogen-bond donors (Lipinski definition) is 1. The van der Waals surface area contributed by atoms with Gasteiger partial charge in [0, 0.05) is 12.6 Å². The molecule has 0 saturated carbocycles. The second-order valence-electron chi connectivity index (χ2n) is 3.67. The first kappa shape index (κ1) is 15.4. The summed E-state index contributed by atoms with van der Waals surface area (Å²) >= 11 is 0. The zero-order chi connectivity index (χ0) is 15.1. The summed E-state index contributed by atoms with van der Waals surface area (Å²) in [6.45, 7) is 1.71. The topological polar surface area (TPSA) is 108 Å². The standard InChI is InChI=1S/C12H14N2O6/c1-3-13-11(15)7-20-12(16)8-4-5-10(19-2)9(6-8)14(17)18/h4-6H,3,7H2,1-2H3,(H,13,15). The number of nitro benzene ring substituents is 1. The maximum Gasteiger partial charge on any atom is 0.338 e. The molecule has 0 aliphatic heterocycles. The van der Waals surface area contributed by atoms with E-state index in [-0.39, 0.29) is 17.0 Å². The summed E-state index contributed by atoms with van der Waals surface area (Å²) in [4.78, 5) is 32.9. The molecule has 1 aromatic rings. The predicted octanol–water partition coefficient (Wildman–Crippen LogP) is 0.896. The molecule has 0 aliphatic rings. The van der Waals surface area contributed by atoms with Gasteiger partial charge < -0.3 is 14.8 Å². The fourth-order valence-electron chi connectivity index (χ4n) is 1.42. The Morgan fingerprint density at radius 1 is 1.40 bits per heavy atom. The summed E-state index contributed by atoms with van der Waals surface area (Å²) in [5, 5.41) is 13.3. The molecule has 0 heterocycles. The largest absolute Gasteiger partial charge is 0.490 e. The Morgan fingerprint density at radius 3 is 2.65 bits per heavy atom. The van der Waals surface area contributed by atoms with Gasteiger partial charge >= 0.3 is 11.7 Å². The minimum absolute atomic E-state index is 0.0261. The average molecular weight is 282 g/mol. The van der Waals surface area contributed by atoms with E-state index in [0.717, 1.165) is 6.07 Å². The first-order valence-corrected chi connectivity index (χ1v) is 5.75. The van der Waals surface area contributed by atoms with Crippen molar-refractivity contribution in [1.29, 1.82) is 0 Å². The summed E-state index contributed by atoms with van der Waals surface area (Å²) in [5.74, 6) is -1.22. The predicted molar refractivity (Wildman–Crippen MR) is 68.6 cm³/mol. The number of nitrogens with zero attached hydrogens (tertiary/aromatic N) is 1. The monoisotopic (exact) mass is 282 g/mol. The van der Waals surface area contributed by atoms with Gasteiger partial charge in [0.2, 0.25) is 0 Å². The molecule has 0 fully saturated rings. The molecule has 20 heavy (non-hydrogen) atoms. The zero-order valence-electron chi connectivity index (χ0n) is 11.0. The summed E-state index contributed by atoms with van der Waals surface area (Å²) in [6, 6.07) is 3.66. The second-order valence-corrected chi connectivity index (χ2v) is 3.67. The van der Waals surface area contributed by atoms with Gasteiger partial charge in [-0.1, -0.05) is 0 Å². The van der Waals surface area contributed by atoms with Crippen LogP contribution in [-0.4, -0.2) is 37.1 Å². The molecule has 0 atom stereocenters. The number of nitrogens with one attached hydrogen (secondary N) is 1. The van der Waals surface area contributed by atoms with Crippen LogP contribution in [0.3, 0.4) is 0 Å². The van der Waals surface area contributed by atoms with Gasteiger partial charge in [-0.2, -0.15) is 0 Å². The highest BCUT2D eigenvalue weighted by Crippen LogP contribution is 2.27. The van der Waals surface area contributed by atoms with E-state index >= 15 is 0 Å². The zero-order valence-corrected chi connectivity index (χ0v) is 11.0. The number of carbonyl (C=O) groups excluding carboxylic acids is 2. The van der Waals surface area contributed by atoms with Crippen molar-refractivity contribution >= 4 is 17.6 Å². The third-order valence-electron chi connectivity index (χ3n) is 2.32. The first-order chi connectivity index (χ1) is 9.49. The van der Waals surface area contributed by atoms with Gasteiger partial charge in [-0.25, -0.2) is 4.79 Å². The Kier molecular flexibility index (Phi) is 5.45. The number of carbonyl (C=O) groups is 2. The Bertz CT molecular complexity index is 529. The van der Waals surface area contributed by atoms with E-state index in [1.807, 2.05) is 0 Å². The summed E-state index contributed by atoms with van der Waals surface area (Å²) < 4.78 is 9.55. The molecule has 1 aromatic carbocycles. The van der Waals surface area contributed by atoms with E-state index in [1.165, 1.54) is 19.2 Å². The average Bonchev–Trinajstić information content (AvgIpc) is 2.44. The summed E-state index contributed by atoms with van der Waals surface area (Å²) in [7, 11) is 1.29. The number of nitro groups is 1. The van der Waals surface area contributed by atoms with Gasteiger partial charge in [-0.15, -0.1) is 0 Å². The number of benzene rings is 1. The minimum Gasteiger partial charge on any atom is -0.490 e. The molecule has 1 amide bonds. The normalized spacial score (nSPS) is 9.70. The van der Waals surface area contributed by atoms with Crippen LogP contribution < -0.4 is 10.1 Å². The summed E-state index contributed by atoms with van der Waals surface area (Å²) in [6.07, 6.45) is 0. The molecule has 0 radical (unpaired) electrons. The number of ether oxygens (including phenoxy) is 2. The number of esters is 1. The maximum absolute atomic E-state index is 11.7. The van der Waals surface area contributed by atoms with Crippen LogP contribution in [0, 0.1) is 10.1 Å². The van der Waals surface area contributed by atoms with Gasteiger partial charge in [0.05, 0.1) is 17.6 Å². The number of amides is 1. The molecule has 0 spiro atoms. The van der Waals surface area contributed by atoms with E-state index in [4.69, 9.17) is 9.47 Å². The molecule has 1 N–H and O–H groups in total. The van der Waals surface area contributed by atoms with Gasteiger partial charge in [-0.3, -0.25) is 14.9 Å². The third kappa shape index (κ3) is 3.94. The van der Waals surface area contributed by atoms with E-state index < -0.39 is 23.4 Å². The molecule has 0 bridgehead atoms. The van der Waals surface area contributed by atoms with Crippen molar-refractivity contribution in [2.75, 3.05) is 20.3 Å². The van der Waals surface area contributed by atoms with Crippen molar-refractivity contribution < 1.29 is 24.0 Å². The van der Waals surface area contributed by atoms with Crippen molar-refractivity contribution in [2.24, 2.45) is 0 Å². The molecule has 108 valence electrons. The highest BCUT2D eigenvalue weighted by atomic mass is 16.6. The third-order valence-corrected chi connectivity index (χ3v) is 2.32. The molecule has 0 saturated heterocycles. The van der Waals surface area contributed by atoms with E-state index in [1.54, 1.807) is 6.92 Å². The number of likely N-dealkylation sites (N-methyl/N-ethyl adjacent to an activating group) is 1. The van der Waals surface area contributed by atoms with Crippen LogP contribution in [0.4, 0.5) is 5.69 Å². The lowest BCUT2D eigenvalue weighted by Crippen LogP contribution is -2.28. The van der Waals surface area contributed by atoms with E-state index in [0.29, 0.717) is 6.54 Å². The Hall–Kier alpha value is -2.64. The van der Waals surface area contributed by atoms with Gasteiger partial charge in [0.1, 0.15) is 0 Å². The van der Waals surface area contributed by atoms with Crippen molar-refractivity contribution in [3.63, 3.8) is 0 Å². The highest BCUT2D eigenvalue weighted by Gasteiger charge is 2.19. The molecular weight excluding hydrogens is 268 g/mol. The van der Waals surface area contributed by atoms with Crippen LogP contribution in [0.25, 0.3) is 0 Å². The van der Waals surface area contributed by atoms with Gasteiger partial charge in [0.25, 0.3) is 5.91 Å². The first-order valence-electron chi connectivity index (χ1n) is 5.75. The van der Waals surface area contributed by atoms with Crippen LogP contribution in [0.2, 0.25) is 0 Å². The number of rotatable bonds is 6. The van der Waals surface area contributed by atoms with Gasteiger partial charge in [0.15, 0.2) is 12.4 Å². The number of hydrogen-bond acceptors (Lipinski definition) is 6. The fraction of sp³-hybridized carbons (Fsp3) is 0.333. The van der Waals surface area contributed by atoms with Crippen LogP contribution in [0.1, 0.15) is 17.3 Å². The smallest absolute Gasteiger partial charge is 0.338 e. The lowest BCUT2D eigenvalue weighted by Gasteiger charge is -2.06. The SMILES string of the molecule is CCNC(=O)COC(=O)c1ccc(OC)c([N+](=O)[O-])c1. The maximum atomic E-state index is 11.7. The molecule has 0 unspecified atom stereocenters. The van der Waals surface area contributed by atoms with Crippen molar-refractivity contribution in [1.82, 2.24) is 5.32 Å². The minimum atomic E-state index is -0.818. The molecule has 8 nitrogen and oxygen atoms in total.